The summed E-state index contributed by atoms with van der Waals surface area (Å²) >= 11 is 0. The predicted molar refractivity (Wildman–Crippen MR) is 136 cm³/mol. The molecule has 0 saturated heterocycles. The van der Waals surface area contributed by atoms with Gasteiger partial charge < -0.3 is 9.64 Å². The summed E-state index contributed by atoms with van der Waals surface area (Å²) in [6.45, 7) is 0.758. The molecule has 6 nitrogen and oxygen atoms in total. The molecule has 0 aliphatic carbocycles. The lowest BCUT2D eigenvalue weighted by molar-refractivity contribution is -0.134. The number of carbonyl (C=O) groups excluding carboxylic acids is 1. The molecular weight excluding hydrogens is 460 g/mol. The van der Waals surface area contributed by atoms with E-state index in [2.05, 4.69) is 4.72 Å². The van der Waals surface area contributed by atoms with Gasteiger partial charge in [0.05, 0.1) is 4.90 Å². The van der Waals surface area contributed by atoms with Crippen LogP contribution in [-0.2, 0) is 27.9 Å². The van der Waals surface area contributed by atoms with Gasteiger partial charge in [-0.1, -0.05) is 78.9 Å². The highest BCUT2D eigenvalue weighted by molar-refractivity contribution is 7.92. The first-order chi connectivity index (χ1) is 17.0. The van der Waals surface area contributed by atoms with Crippen molar-refractivity contribution in [1.82, 2.24) is 4.90 Å². The Morgan fingerprint density at radius 3 is 1.69 bits per heavy atom. The lowest BCUT2D eigenvalue weighted by Crippen LogP contribution is -2.34. The molecule has 0 radical (unpaired) electrons. The topological polar surface area (TPSA) is 75.7 Å². The molecule has 0 atom stereocenters. The second-order valence-corrected chi connectivity index (χ2v) is 9.64. The molecule has 7 heteroatoms. The van der Waals surface area contributed by atoms with Gasteiger partial charge in [-0.15, -0.1) is 0 Å². The van der Waals surface area contributed by atoms with E-state index in [9.17, 15) is 13.2 Å². The predicted octanol–water partition coefficient (Wildman–Crippen LogP) is 5.10. The van der Waals surface area contributed by atoms with Crippen molar-refractivity contribution in [3.63, 3.8) is 0 Å². The number of benzene rings is 4. The van der Waals surface area contributed by atoms with Crippen LogP contribution in [0, 0.1) is 0 Å². The standard InChI is InChI=1S/C28H26N2O4S/c31-28(30(20-23-10-4-1-5-11-23)21-24-12-6-2-7-13-24)22-34-26-16-18-27(19-17-26)35(32,33)29-25-14-8-3-9-15-25/h1-19,29H,20-22H2. The van der Waals surface area contributed by atoms with Gasteiger partial charge in [0.1, 0.15) is 5.75 Å². The monoisotopic (exact) mass is 486 g/mol. The average molecular weight is 487 g/mol. The third-order valence-electron chi connectivity index (χ3n) is 5.31. The third kappa shape index (κ3) is 6.94. The molecule has 4 rings (SSSR count). The first-order valence-electron chi connectivity index (χ1n) is 11.2. The highest BCUT2D eigenvalue weighted by atomic mass is 32.2. The summed E-state index contributed by atoms with van der Waals surface area (Å²) < 4.78 is 33.4. The van der Waals surface area contributed by atoms with Crippen LogP contribution < -0.4 is 9.46 Å². The molecule has 4 aromatic carbocycles. The molecule has 0 spiro atoms. The van der Waals surface area contributed by atoms with Crippen molar-refractivity contribution in [2.24, 2.45) is 0 Å². The molecule has 1 amide bonds. The molecule has 178 valence electrons. The van der Waals surface area contributed by atoms with Crippen LogP contribution in [-0.4, -0.2) is 25.8 Å². The van der Waals surface area contributed by atoms with Crippen LogP contribution >= 0.6 is 0 Å². The van der Waals surface area contributed by atoms with Crippen LogP contribution in [0.15, 0.2) is 120 Å². The molecule has 0 aliphatic rings. The zero-order valence-corrected chi connectivity index (χ0v) is 19.9. The normalized spacial score (nSPS) is 11.0. The Morgan fingerprint density at radius 2 is 1.17 bits per heavy atom. The van der Waals surface area contributed by atoms with E-state index in [0.717, 1.165) is 11.1 Å². The number of nitrogens with one attached hydrogen (secondary N) is 1. The molecule has 0 bridgehead atoms. The summed E-state index contributed by atoms with van der Waals surface area (Å²) in [5.41, 5.74) is 2.53. The number of carbonyl (C=O) groups is 1. The average Bonchev–Trinajstić information content (AvgIpc) is 2.89. The van der Waals surface area contributed by atoms with Crippen molar-refractivity contribution >= 4 is 21.6 Å². The number of hydrogen-bond acceptors (Lipinski definition) is 4. The molecular formula is C28H26N2O4S. The summed E-state index contributed by atoms with van der Waals surface area (Å²) in [4.78, 5) is 14.9. The SMILES string of the molecule is O=C(COc1ccc(S(=O)(=O)Nc2ccccc2)cc1)N(Cc1ccccc1)Cc1ccccc1. The second-order valence-electron chi connectivity index (χ2n) is 7.95. The van der Waals surface area contributed by atoms with E-state index in [0.29, 0.717) is 24.5 Å². The Morgan fingerprint density at radius 1 is 0.686 bits per heavy atom. The maximum Gasteiger partial charge on any atom is 0.261 e. The van der Waals surface area contributed by atoms with Crippen LogP contribution in [0.4, 0.5) is 5.69 Å². The summed E-state index contributed by atoms with van der Waals surface area (Å²) in [7, 11) is -3.72. The molecule has 0 heterocycles. The summed E-state index contributed by atoms with van der Waals surface area (Å²) in [5.74, 6) is 0.247. The van der Waals surface area contributed by atoms with E-state index in [4.69, 9.17) is 4.74 Å². The summed E-state index contributed by atoms with van der Waals surface area (Å²) in [6.07, 6.45) is 0. The molecule has 0 aromatic heterocycles. The number of nitrogens with zero attached hydrogens (tertiary/aromatic N) is 1. The smallest absolute Gasteiger partial charge is 0.261 e. The fraction of sp³-hybridized carbons (Fsp3) is 0.107. The number of sulfonamides is 1. The maximum absolute atomic E-state index is 13.0. The minimum Gasteiger partial charge on any atom is -0.484 e. The van der Waals surface area contributed by atoms with Crippen LogP contribution in [0.25, 0.3) is 0 Å². The van der Waals surface area contributed by atoms with Crippen molar-refractivity contribution in [2.75, 3.05) is 11.3 Å². The van der Waals surface area contributed by atoms with Gasteiger partial charge in [-0.3, -0.25) is 9.52 Å². The number of para-hydroxylation sites is 1. The van der Waals surface area contributed by atoms with Gasteiger partial charge >= 0.3 is 0 Å². The van der Waals surface area contributed by atoms with Crippen LogP contribution in [0.2, 0.25) is 0 Å². The van der Waals surface area contributed by atoms with Crippen LogP contribution in [0.1, 0.15) is 11.1 Å². The van der Waals surface area contributed by atoms with Crippen molar-refractivity contribution in [3.8, 4) is 5.75 Å². The highest BCUT2D eigenvalue weighted by Crippen LogP contribution is 2.19. The first kappa shape index (κ1) is 24.0. The minimum atomic E-state index is -3.72. The molecule has 0 fully saturated rings. The van der Waals surface area contributed by atoms with Crippen LogP contribution in [0.5, 0.6) is 5.75 Å². The number of anilines is 1. The van der Waals surface area contributed by atoms with E-state index in [-0.39, 0.29) is 17.4 Å². The van der Waals surface area contributed by atoms with Gasteiger partial charge in [0.15, 0.2) is 6.61 Å². The summed E-state index contributed by atoms with van der Waals surface area (Å²) in [6, 6.07) is 34.3. The number of ether oxygens (including phenoxy) is 1. The Balaban J connectivity index is 1.40. The van der Waals surface area contributed by atoms with Gasteiger partial charge in [0.25, 0.3) is 15.9 Å². The minimum absolute atomic E-state index is 0.106. The largest absolute Gasteiger partial charge is 0.484 e. The Hall–Kier alpha value is -4.10. The quantitative estimate of drug-likeness (QED) is 0.339. The van der Waals surface area contributed by atoms with E-state index < -0.39 is 10.0 Å². The van der Waals surface area contributed by atoms with Gasteiger partial charge in [-0.25, -0.2) is 8.42 Å². The molecule has 4 aromatic rings. The van der Waals surface area contributed by atoms with Crippen molar-refractivity contribution in [2.45, 2.75) is 18.0 Å². The van der Waals surface area contributed by atoms with E-state index >= 15 is 0 Å². The van der Waals surface area contributed by atoms with Crippen LogP contribution in [0.3, 0.4) is 0 Å². The highest BCUT2D eigenvalue weighted by Gasteiger charge is 2.17. The molecule has 35 heavy (non-hydrogen) atoms. The Labute approximate surface area is 205 Å². The zero-order valence-electron chi connectivity index (χ0n) is 19.1. The molecule has 0 unspecified atom stereocenters. The third-order valence-corrected chi connectivity index (χ3v) is 6.70. The fourth-order valence-electron chi connectivity index (χ4n) is 3.51. The van der Waals surface area contributed by atoms with Crippen molar-refractivity contribution in [3.05, 3.63) is 126 Å². The van der Waals surface area contributed by atoms with E-state index in [1.165, 1.54) is 12.1 Å². The number of rotatable bonds is 10. The first-order valence-corrected chi connectivity index (χ1v) is 12.6. The van der Waals surface area contributed by atoms with E-state index in [1.54, 1.807) is 41.3 Å². The molecule has 0 saturated carbocycles. The lowest BCUT2D eigenvalue weighted by Gasteiger charge is -2.23. The van der Waals surface area contributed by atoms with Gasteiger partial charge in [-0.05, 0) is 47.5 Å². The van der Waals surface area contributed by atoms with Gasteiger partial charge in [0, 0.05) is 18.8 Å². The fourth-order valence-corrected chi connectivity index (χ4v) is 4.57. The van der Waals surface area contributed by atoms with Gasteiger partial charge in [0.2, 0.25) is 0 Å². The maximum atomic E-state index is 13.0. The Kier molecular flexibility index (Phi) is 7.80. The molecule has 1 N–H and O–H groups in total. The lowest BCUT2D eigenvalue weighted by atomic mass is 10.1. The number of amides is 1. The van der Waals surface area contributed by atoms with Gasteiger partial charge in [-0.2, -0.15) is 0 Å². The van der Waals surface area contributed by atoms with E-state index in [1.807, 2.05) is 66.7 Å². The Bertz CT molecular complexity index is 1290. The second kappa shape index (κ2) is 11.4. The number of hydrogen-bond donors (Lipinski definition) is 1. The zero-order chi connectivity index (χ0) is 24.5. The molecule has 0 aliphatic heterocycles. The summed E-state index contributed by atoms with van der Waals surface area (Å²) in [5, 5.41) is 0. The van der Waals surface area contributed by atoms with Crippen molar-refractivity contribution in [1.29, 1.82) is 0 Å². The van der Waals surface area contributed by atoms with Crippen molar-refractivity contribution < 1.29 is 17.9 Å².